The number of aromatic nitrogens is 6. The van der Waals surface area contributed by atoms with E-state index in [-0.39, 0.29) is 6.04 Å². The fraction of sp³-hybridized carbons (Fsp3) is 0.474. The third kappa shape index (κ3) is 3.62. The van der Waals surface area contributed by atoms with Gasteiger partial charge in [0, 0.05) is 24.4 Å². The molecular weight excluding hydrogens is 312 g/mol. The molecule has 0 spiro atoms. The second-order valence-electron chi connectivity index (χ2n) is 6.87. The smallest absolute Gasteiger partial charge is 0.183 e. The molecule has 3 rings (SSSR count). The van der Waals surface area contributed by atoms with Crippen molar-refractivity contribution in [2.45, 2.75) is 53.5 Å². The SMILES string of the molecule is CCC(C)Cc1nc(-c2ccnn2C(C)C)n(-c2cccc(C)n2)n1. The Bertz CT molecular complexity index is 845. The van der Waals surface area contributed by atoms with E-state index in [1.54, 1.807) is 0 Å². The Morgan fingerprint density at radius 1 is 1.08 bits per heavy atom. The molecule has 0 radical (unpaired) electrons. The summed E-state index contributed by atoms with van der Waals surface area (Å²) < 4.78 is 3.82. The maximum Gasteiger partial charge on any atom is 0.183 e. The van der Waals surface area contributed by atoms with Gasteiger partial charge in [-0.25, -0.2) is 9.97 Å². The highest BCUT2D eigenvalue weighted by Gasteiger charge is 2.20. The Labute approximate surface area is 148 Å². The number of hydrogen-bond donors (Lipinski definition) is 0. The molecule has 3 aromatic heterocycles. The molecule has 3 aromatic rings. The molecule has 0 aliphatic rings. The predicted octanol–water partition coefficient (Wildman–Crippen LogP) is 4.00. The van der Waals surface area contributed by atoms with Crippen LogP contribution >= 0.6 is 0 Å². The Hall–Kier alpha value is -2.50. The van der Waals surface area contributed by atoms with E-state index >= 15 is 0 Å². The van der Waals surface area contributed by atoms with Crippen LogP contribution in [0.3, 0.4) is 0 Å². The molecule has 25 heavy (non-hydrogen) atoms. The lowest BCUT2D eigenvalue weighted by Gasteiger charge is -2.11. The minimum atomic E-state index is 0.249. The van der Waals surface area contributed by atoms with Gasteiger partial charge in [0.15, 0.2) is 17.5 Å². The minimum absolute atomic E-state index is 0.249. The van der Waals surface area contributed by atoms with Crippen molar-refractivity contribution in [3.05, 3.63) is 42.0 Å². The lowest BCUT2D eigenvalue weighted by atomic mass is 10.1. The van der Waals surface area contributed by atoms with Gasteiger partial charge in [0.1, 0.15) is 5.69 Å². The van der Waals surface area contributed by atoms with Gasteiger partial charge in [0.25, 0.3) is 0 Å². The van der Waals surface area contributed by atoms with Crippen LogP contribution in [0.4, 0.5) is 0 Å². The number of rotatable bonds is 6. The highest BCUT2D eigenvalue weighted by atomic mass is 15.4. The average molecular weight is 338 g/mol. The van der Waals surface area contributed by atoms with Crippen molar-refractivity contribution in [1.82, 2.24) is 29.5 Å². The number of pyridine rings is 1. The van der Waals surface area contributed by atoms with Crippen LogP contribution in [0.1, 0.15) is 51.7 Å². The summed E-state index contributed by atoms with van der Waals surface area (Å²) >= 11 is 0. The van der Waals surface area contributed by atoms with E-state index in [9.17, 15) is 0 Å². The van der Waals surface area contributed by atoms with Gasteiger partial charge in [-0.1, -0.05) is 26.3 Å². The number of hydrogen-bond acceptors (Lipinski definition) is 4. The molecule has 0 aromatic carbocycles. The zero-order valence-electron chi connectivity index (χ0n) is 15.6. The molecule has 0 saturated carbocycles. The quantitative estimate of drug-likeness (QED) is 0.681. The van der Waals surface area contributed by atoms with Gasteiger partial charge in [0.2, 0.25) is 0 Å². The van der Waals surface area contributed by atoms with Crippen molar-refractivity contribution < 1.29 is 0 Å². The first kappa shape index (κ1) is 17.3. The fourth-order valence-corrected chi connectivity index (χ4v) is 2.77. The monoisotopic (exact) mass is 338 g/mol. The van der Waals surface area contributed by atoms with Crippen molar-refractivity contribution >= 4 is 0 Å². The first-order valence-corrected chi connectivity index (χ1v) is 8.93. The van der Waals surface area contributed by atoms with E-state index in [2.05, 4.69) is 37.8 Å². The molecule has 3 heterocycles. The van der Waals surface area contributed by atoms with Crippen LogP contribution in [0.25, 0.3) is 17.3 Å². The molecule has 0 amide bonds. The minimum Gasteiger partial charge on any atom is -0.259 e. The topological polar surface area (TPSA) is 61.4 Å². The molecule has 0 N–H and O–H groups in total. The molecular formula is C19H26N6. The van der Waals surface area contributed by atoms with Gasteiger partial charge < -0.3 is 0 Å². The summed E-state index contributed by atoms with van der Waals surface area (Å²) in [4.78, 5) is 9.47. The van der Waals surface area contributed by atoms with Crippen LogP contribution in [0.2, 0.25) is 0 Å². The largest absolute Gasteiger partial charge is 0.259 e. The van der Waals surface area contributed by atoms with E-state index in [4.69, 9.17) is 10.1 Å². The third-order valence-corrected chi connectivity index (χ3v) is 4.36. The van der Waals surface area contributed by atoms with Gasteiger partial charge in [-0.05, 0) is 44.9 Å². The zero-order chi connectivity index (χ0) is 18.0. The molecule has 0 aliphatic heterocycles. The van der Waals surface area contributed by atoms with E-state index in [1.165, 1.54) is 0 Å². The van der Waals surface area contributed by atoms with Gasteiger partial charge in [-0.2, -0.15) is 9.78 Å². The summed E-state index contributed by atoms with van der Waals surface area (Å²) in [5, 5.41) is 9.21. The van der Waals surface area contributed by atoms with Crippen molar-refractivity contribution in [2.75, 3.05) is 0 Å². The summed E-state index contributed by atoms with van der Waals surface area (Å²) in [6.45, 7) is 10.6. The molecule has 6 nitrogen and oxygen atoms in total. The van der Waals surface area contributed by atoms with Crippen molar-refractivity contribution in [3.63, 3.8) is 0 Å². The van der Waals surface area contributed by atoms with Gasteiger partial charge >= 0.3 is 0 Å². The normalized spacial score (nSPS) is 12.7. The lowest BCUT2D eigenvalue weighted by Crippen LogP contribution is -2.09. The van der Waals surface area contributed by atoms with Crippen LogP contribution in [0.15, 0.2) is 30.5 Å². The zero-order valence-corrected chi connectivity index (χ0v) is 15.6. The van der Waals surface area contributed by atoms with E-state index in [1.807, 2.05) is 46.7 Å². The molecule has 1 unspecified atom stereocenters. The standard InChI is InChI=1S/C19H26N6/c1-6-14(4)12-17-22-19(16-10-11-20-24(16)13(2)3)25(23-17)18-9-7-8-15(5)21-18/h7-11,13-14H,6,12H2,1-5H3. The molecule has 0 aliphatic carbocycles. The fourth-order valence-electron chi connectivity index (χ4n) is 2.77. The van der Waals surface area contributed by atoms with Gasteiger partial charge in [0.05, 0.1) is 0 Å². The van der Waals surface area contributed by atoms with Crippen LogP contribution in [0, 0.1) is 12.8 Å². The Morgan fingerprint density at radius 2 is 1.88 bits per heavy atom. The summed E-state index contributed by atoms with van der Waals surface area (Å²) in [6, 6.07) is 8.19. The van der Waals surface area contributed by atoms with Crippen LogP contribution < -0.4 is 0 Å². The second kappa shape index (κ2) is 7.17. The van der Waals surface area contributed by atoms with Crippen molar-refractivity contribution in [1.29, 1.82) is 0 Å². The third-order valence-electron chi connectivity index (χ3n) is 4.36. The molecule has 1 atom stereocenters. The first-order chi connectivity index (χ1) is 12.0. The first-order valence-electron chi connectivity index (χ1n) is 8.93. The number of nitrogens with zero attached hydrogens (tertiary/aromatic N) is 6. The molecule has 0 fully saturated rings. The Morgan fingerprint density at radius 3 is 2.56 bits per heavy atom. The van der Waals surface area contributed by atoms with Gasteiger partial charge in [-0.3, -0.25) is 4.68 Å². The number of aryl methyl sites for hydroxylation is 1. The van der Waals surface area contributed by atoms with Crippen LogP contribution in [-0.2, 0) is 6.42 Å². The average Bonchev–Trinajstić information content (AvgIpc) is 3.21. The summed E-state index contributed by atoms with van der Waals surface area (Å²) in [7, 11) is 0. The van der Waals surface area contributed by atoms with Crippen molar-refractivity contribution in [2.24, 2.45) is 5.92 Å². The second-order valence-corrected chi connectivity index (χ2v) is 6.87. The molecule has 132 valence electrons. The summed E-state index contributed by atoms with van der Waals surface area (Å²) in [5.74, 6) is 2.98. The Balaban J connectivity index is 2.13. The molecule has 0 bridgehead atoms. The summed E-state index contributed by atoms with van der Waals surface area (Å²) in [6.07, 6.45) is 3.78. The lowest BCUT2D eigenvalue weighted by molar-refractivity contribution is 0.535. The predicted molar refractivity (Wildman–Crippen MR) is 98.7 cm³/mol. The van der Waals surface area contributed by atoms with Crippen LogP contribution in [0.5, 0.6) is 0 Å². The van der Waals surface area contributed by atoms with E-state index in [0.717, 1.165) is 41.7 Å². The van der Waals surface area contributed by atoms with E-state index < -0.39 is 0 Å². The van der Waals surface area contributed by atoms with Gasteiger partial charge in [-0.15, -0.1) is 5.10 Å². The van der Waals surface area contributed by atoms with Crippen LogP contribution in [-0.4, -0.2) is 29.5 Å². The van der Waals surface area contributed by atoms with E-state index in [0.29, 0.717) is 5.92 Å². The molecule has 0 saturated heterocycles. The Kier molecular flexibility index (Phi) is 4.97. The molecule has 6 heteroatoms. The maximum atomic E-state index is 4.84. The highest BCUT2D eigenvalue weighted by molar-refractivity contribution is 5.52. The highest BCUT2D eigenvalue weighted by Crippen LogP contribution is 2.24. The van der Waals surface area contributed by atoms with Crippen molar-refractivity contribution in [3.8, 4) is 17.3 Å². The summed E-state index contributed by atoms with van der Waals surface area (Å²) in [5.41, 5.74) is 1.92. The maximum absolute atomic E-state index is 4.84.